The van der Waals surface area contributed by atoms with Gasteiger partial charge in [0.05, 0.1) is 7.11 Å². The van der Waals surface area contributed by atoms with Gasteiger partial charge < -0.3 is 14.5 Å². The van der Waals surface area contributed by atoms with Gasteiger partial charge in [0.1, 0.15) is 11.3 Å². The molecule has 4 nitrogen and oxygen atoms in total. The van der Waals surface area contributed by atoms with E-state index < -0.39 is 0 Å². The molecule has 0 fully saturated rings. The summed E-state index contributed by atoms with van der Waals surface area (Å²) in [7, 11) is 1.61. The number of nitrogens with one attached hydrogen (secondary N) is 1. The van der Waals surface area contributed by atoms with E-state index in [1.165, 1.54) is 0 Å². The van der Waals surface area contributed by atoms with E-state index >= 15 is 0 Å². The maximum atomic E-state index is 12.8. The Bertz CT molecular complexity index is 881. The molecule has 0 unspecified atom stereocenters. The van der Waals surface area contributed by atoms with Gasteiger partial charge >= 0.3 is 0 Å². The largest absolute Gasteiger partial charge is 0.497 e. The van der Waals surface area contributed by atoms with E-state index in [2.05, 4.69) is 19.2 Å². The summed E-state index contributed by atoms with van der Waals surface area (Å²) in [4.78, 5) is 12.8. The zero-order chi connectivity index (χ0) is 18.0. The lowest BCUT2D eigenvalue weighted by atomic mass is 10.0. The predicted octanol–water partition coefficient (Wildman–Crippen LogP) is 4.88. The molecule has 25 heavy (non-hydrogen) atoms. The van der Waals surface area contributed by atoms with Crippen LogP contribution >= 0.6 is 0 Å². The first-order chi connectivity index (χ1) is 12.0. The molecule has 0 spiro atoms. The van der Waals surface area contributed by atoms with Gasteiger partial charge in [-0.15, -0.1) is 0 Å². The van der Waals surface area contributed by atoms with Crippen LogP contribution in [0.15, 0.2) is 52.9 Å². The van der Waals surface area contributed by atoms with Crippen LogP contribution < -0.4 is 10.1 Å². The minimum atomic E-state index is -0.199. The normalized spacial score (nSPS) is 12.4. The lowest BCUT2D eigenvalue weighted by Crippen LogP contribution is -2.36. The maximum absolute atomic E-state index is 12.8. The third-order valence-electron chi connectivity index (χ3n) is 4.52. The number of fused-ring (bicyclic) bond motifs is 1. The highest BCUT2D eigenvalue weighted by Gasteiger charge is 2.23. The zero-order valence-electron chi connectivity index (χ0n) is 15.0. The average molecular weight is 337 g/mol. The van der Waals surface area contributed by atoms with Crippen LogP contribution in [0.1, 0.15) is 31.3 Å². The summed E-state index contributed by atoms with van der Waals surface area (Å²) in [6, 6.07) is 15.5. The van der Waals surface area contributed by atoms with Gasteiger partial charge in [-0.25, -0.2) is 0 Å². The summed E-state index contributed by atoms with van der Waals surface area (Å²) in [6.45, 7) is 6.15. The van der Waals surface area contributed by atoms with Crippen molar-refractivity contribution in [3.05, 3.63) is 54.3 Å². The molecule has 0 aliphatic rings. The van der Waals surface area contributed by atoms with Gasteiger partial charge in [-0.3, -0.25) is 4.79 Å². The fourth-order valence-corrected chi connectivity index (χ4v) is 2.69. The first kappa shape index (κ1) is 17.1. The van der Waals surface area contributed by atoms with Crippen molar-refractivity contribution in [1.82, 2.24) is 5.32 Å². The minimum absolute atomic E-state index is 0.0545. The fraction of sp³-hybridized carbons (Fsp3) is 0.286. The van der Waals surface area contributed by atoms with Crippen LogP contribution in [0.3, 0.4) is 0 Å². The second kappa shape index (κ2) is 7.01. The van der Waals surface area contributed by atoms with Crippen molar-refractivity contribution < 1.29 is 13.9 Å². The average Bonchev–Trinajstić information content (AvgIpc) is 3.00. The monoisotopic (exact) mass is 337 g/mol. The van der Waals surface area contributed by atoms with E-state index in [9.17, 15) is 4.79 Å². The van der Waals surface area contributed by atoms with Crippen LogP contribution in [-0.2, 0) is 0 Å². The van der Waals surface area contributed by atoms with Crippen molar-refractivity contribution in [2.24, 2.45) is 5.92 Å². The number of furan rings is 1. The number of rotatable bonds is 5. The van der Waals surface area contributed by atoms with Gasteiger partial charge in [0.15, 0.2) is 0 Å². The quantitative estimate of drug-likeness (QED) is 0.722. The molecule has 3 aromatic rings. The van der Waals surface area contributed by atoms with E-state index in [0.717, 1.165) is 16.5 Å². The molecule has 0 aliphatic carbocycles. The van der Waals surface area contributed by atoms with Crippen LogP contribution in [0, 0.1) is 5.92 Å². The Morgan fingerprint density at radius 1 is 1.08 bits per heavy atom. The highest BCUT2D eigenvalue weighted by atomic mass is 16.5. The molecule has 130 valence electrons. The van der Waals surface area contributed by atoms with Gasteiger partial charge in [-0.2, -0.15) is 0 Å². The van der Waals surface area contributed by atoms with Crippen LogP contribution in [0.4, 0.5) is 0 Å². The van der Waals surface area contributed by atoms with E-state index in [1.807, 2.05) is 55.5 Å². The lowest BCUT2D eigenvalue weighted by molar-refractivity contribution is 0.0905. The molecule has 2 aromatic carbocycles. The molecule has 1 N–H and O–H groups in total. The molecule has 0 saturated heterocycles. The summed E-state index contributed by atoms with van der Waals surface area (Å²) in [5.41, 5.74) is 2.40. The summed E-state index contributed by atoms with van der Waals surface area (Å²) in [5.74, 6) is 1.18. The predicted molar refractivity (Wildman–Crippen MR) is 100.0 cm³/mol. The number of hydrogen-bond acceptors (Lipinski definition) is 3. The first-order valence-corrected chi connectivity index (χ1v) is 8.48. The van der Waals surface area contributed by atoms with Gasteiger partial charge in [0.25, 0.3) is 5.91 Å². The number of carbonyl (C=O) groups excluding carboxylic acids is 1. The number of benzene rings is 2. The smallest absolute Gasteiger partial charge is 0.287 e. The summed E-state index contributed by atoms with van der Waals surface area (Å²) < 4.78 is 11.2. The van der Waals surface area contributed by atoms with Crippen molar-refractivity contribution in [3.8, 4) is 16.9 Å². The lowest BCUT2D eigenvalue weighted by Gasteiger charge is -2.17. The maximum Gasteiger partial charge on any atom is 0.287 e. The third-order valence-corrected chi connectivity index (χ3v) is 4.52. The van der Waals surface area contributed by atoms with Crippen molar-refractivity contribution in [1.29, 1.82) is 0 Å². The molecule has 0 bridgehead atoms. The topological polar surface area (TPSA) is 51.5 Å². The van der Waals surface area contributed by atoms with Crippen molar-refractivity contribution in [2.45, 2.75) is 26.8 Å². The zero-order valence-corrected chi connectivity index (χ0v) is 15.0. The standard InChI is InChI=1S/C21H23NO3/c1-13(2)14(3)22-21(23)20-19(15-8-6-5-7-9-15)17-11-10-16(24-4)12-18(17)25-20/h5-14H,1-4H3,(H,22,23)/t14-/m1/s1. The summed E-state index contributed by atoms with van der Waals surface area (Å²) in [5, 5.41) is 3.93. The Morgan fingerprint density at radius 2 is 1.80 bits per heavy atom. The van der Waals surface area contributed by atoms with E-state index in [1.54, 1.807) is 7.11 Å². The first-order valence-electron chi connectivity index (χ1n) is 8.48. The highest BCUT2D eigenvalue weighted by molar-refractivity contribution is 6.08. The van der Waals surface area contributed by atoms with Crippen LogP contribution in [-0.4, -0.2) is 19.1 Å². The number of ether oxygens (including phenoxy) is 1. The molecule has 0 saturated carbocycles. The Hall–Kier alpha value is -2.75. The number of methoxy groups -OCH3 is 1. The van der Waals surface area contributed by atoms with Gasteiger partial charge in [0.2, 0.25) is 5.76 Å². The van der Waals surface area contributed by atoms with Crippen molar-refractivity contribution >= 4 is 16.9 Å². The molecule has 1 atom stereocenters. The molecule has 4 heteroatoms. The SMILES string of the molecule is COc1ccc2c(-c3ccccc3)c(C(=O)N[C@H](C)C(C)C)oc2c1. The van der Waals surface area contributed by atoms with Gasteiger partial charge in [0, 0.05) is 23.1 Å². The molecule has 0 radical (unpaired) electrons. The molecule has 0 aliphatic heterocycles. The second-order valence-corrected chi connectivity index (χ2v) is 6.54. The molecular formula is C21H23NO3. The third kappa shape index (κ3) is 3.38. The minimum Gasteiger partial charge on any atom is -0.497 e. The van der Waals surface area contributed by atoms with Crippen LogP contribution in [0.25, 0.3) is 22.1 Å². The second-order valence-electron chi connectivity index (χ2n) is 6.54. The Balaban J connectivity index is 2.14. The molecule has 1 amide bonds. The number of carbonyl (C=O) groups is 1. The molecular weight excluding hydrogens is 314 g/mol. The van der Waals surface area contributed by atoms with Crippen molar-refractivity contribution in [3.63, 3.8) is 0 Å². The summed E-state index contributed by atoms with van der Waals surface area (Å²) in [6.07, 6.45) is 0. The highest BCUT2D eigenvalue weighted by Crippen LogP contribution is 2.36. The molecule has 1 heterocycles. The van der Waals surface area contributed by atoms with Crippen LogP contribution in [0.5, 0.6) is 5.75 Å². The van der Waals surface area contributed by atoms with Crippen LogP contribution in [0.2, 0.25) is 0 Å². The molecule has 1 aromatic heterocycles. The number of amides is 1. The number of hydrogen-bond donors (Lipinski definition) is 1. The Morgan fingerprint density at radius 3 is 2.44 bits per heavy atom. The van der Waals surface area contributed by atoms with Gasteiger partial charge in [-0.1, -0.05) is 44.2 Å². The summed E-state index contributed by atoms with van der Waals surface area (Å²) >= 11 is 0. The Kier molecular flexibility index (Phi) is 4.79. The van der Waals surface area contributed by atoms with E-state index in [-0.39, 0.29) is 11.9 Å². The van der Waals surface area contributed by atoms with E-state index in [4.69, 9.17) is 9.15 Å². The molecule has 3 rings (SSSR count). The van der Waals surface area contributed by atoms with E-state index in [0.29, 0.717) is 23.0 Å². The Labute approximate surface area is 147 Å². The van der Waals surface area contributed by atoms with Gasteiger partial charge in [-0.05, 0) is 30.5 Å². The van der Waals surface area contributed by atoms with Crippen molar-refractivity contribution in [2.75, 3.05) is 7.11 Å². The fourth-order valence-electron chi connectivity index (χ4n) is 2.69.